The number of phenols is 1. The molecular formula is C17H18O9. The van der Waals surface area contributed by atoms with E-state index in [2.05, 4.69) is 0 Å². The fraction of sp³-hybridized carbons (Fsp3) is 0.529. The molecule has 3 aliphatic rings. The highest BCUT2D eigenvalue weighted by molar-refractivity contribution is 6.09. The minimum Gasteiger partial charge on any atom is -0.507 e. The number of benzene rings is 1. The van der Waals surface area contributed by atoms with Crippen LogP contribution < -0.4 is 9.47 Å². The number of aliphatic hydroxyl groups is 2. The van der Waals surface area contributed by atoms with Crippen LogP contribution in [0, 0.1) is 0 Å². The van der Waals surface area contributed by atoms with Gasteiger partial charge in [0.1, 0.15) is 17.2 Å². The van der Waals surface area contributed by atoms with Gasteiger partial charge in [0.15, 0.2) is 12.1 Å². The fourth-order valence-electron chi connectivity index (χ4n) is 4.23. The molecule has 0 bridgehead atoms. The summed E-state index contributed by atoms with van der Waals surface area (Å²) in [6.07, 6.45) is -1.68. The van der Waals surface area contributed by atoms with E-state index in [1.165, 1.54) is 13.2 Å². The van der Waals surface area contributed by atoms with Crippen molar-refractivity contribution in [3.63, 3.8) is 0 Å². The van der Waals surface area contributed by atoms with Gasteiger partial charge >= 0.3 is 5.97 Å². The lowest BCUT2D eigenvalue weighted by Gasteiger charge is -2.27. The molecule has 140 valence electrons. The number of ether oxygens (including phenoxy) is 3. The number of rotatable bonds is 3. The number of methoxy groups -OCH3 is 1. The lowest BCUT2D eigenvalue weighted by Crippen LogP contribution is -2.47. The zero-order valence-corrected chi connectivity index (χ0v) is 13.8. The predicted molar refractivity (Wildman–Crippen MR) is 83.1 cm³/mol. The van der Waals surface area contributed by atoms with E-state index >= 15 is 0 Å². The quantitative estimate of drug-likeness (QED) is 0.552. The fourth-order valence-corrected chi connectivity index (χ4v) is 4.23. The van der Waals surface area contributed by atoms with Gasteiger partial charge in [0.2, 0.25) is 11.9 Å². The molecule has 9 heteroatoms. The van der Waals surface area contributed by atoms with Crippen LogP contribution in [0.3, 0.4) is 0 Å². The van der Waals surface area contributed by atoms with Gasteiger partial charge in [-0.25, -0.2) is 4.79 Å². The highest BCUT2D eigenvalue weighted by Crippen LogP contribution is 2.57. The number of carbonyl (C=O) groups is 2. The molecule has 5 atom stereocenters. The Morgan fingerprint density at radius 3 is 2.77 bits per heavy atom. The average molecular weight is 366 g/mol. The van der Waals surface area contributed by atoms with Gasteiger partial charge in [0.25, 0.3) is 0 Å². The van der Waals surface area contributed by atoms with E-state index in [0.717, 1.165) is 0 Å². The molecule has 4 rings (SSSR count). The van der Waals surface area contributed by atoms with Gasteiger partial charge in [-0.3, -0.25) is 4.79 Å². The Morgan fingerprint density at radius 1 is 1.38 bits per heavy atom. The maximum Gasteiger partial charge on any atom is 0.344 e. The second-order valence-electron chi connectivity index (χ2n) is 6.76. The molecule has 0 radical (unpaired) electrons. The number of aliphatic carboxylic acids is 1. The van der Waals surface area contributed by atoms with Gasteiger partial charge in [0, 0.05) is 36.0 Å². The summed E-state index contributed by atoms with van der Waals surface area (Å²) < 4.78 is 16.1. The largest absolute Gasteiger partial charge is 0.507 e. The first-order valence-electron chi connectivity index (χ1n) is 8.22. The summed E-state index contributed by atoms with van der Waals surface area (Å²) in [5.74, 6) is -3.98. The number of hydrogen-bond acceptors (Lipinski definition) is 8. The van der Waals surface area contributed by atoms with Gasteiger partial charge < -0.3 is 34.6 Å². The maximum absolute atomic E-state index is 12.1. The van der Waals surface area contributed by atoms with Crippen molar-refractivity contribution < 1.29 is 44.2 Å². The van der Waals surface area contributed by atoms with Gasteiger partial charge in [-0.2, -0.15) is 0 Å². The van der Waals surface area contributed by atoms with Crippen LogP contribution in [0.25, 0.3) is 0 Å². The molecular weight excluding hydrogens is 348 g/mol. The molecule has 0 aromatic heterocycles. The average Bonchev–Trinajstić information content (AvgIpc) is 3.19. The molecule has 1 aromatic rings. The Balaban J connectivity index is 1.88. The lowest BCUT2D eigenvalue weighted by molar-refractivity contribution is -0.164. The van der Waals surface area contributed by atoms with Crippen LogP contribution in [0.15, 0.2) is 6.07 Å². The third-order valence-electron chi connectivity index (χ3n) is 5.48. The molecule has 1 aliphatic carbocycles. The third-order valence-corrected chi connectivity index (χ3v) is 5.48. The zero-order chi connectivity index (χ0) is 18.8. The summed E-state index contributed by atoms with van der Waals surface area (Å²) in [6, 6.07) is 1.48. The first-order chi connectivity index (χ1) is 12.3. The van der Waals surface area contributed by atoms with Crippen LogP contribution in [-0.4, -0.2) is 57.5 Å². The number of carboxylic acids is 1. The van der Waals surface area contributed by atoms with Crippen molar-refractivity contribution in [1.82, 2.24) is 0 Å². The molecule has 1 saturated carbocycles. The van der Waals surface area contributed by atoms with E-state index in [1.54, 1.807) is 0 Å². The summed E-state index contributed by atoms with van der Waals surface area (Å²) >= 11 is 0. The highest BCUT2D eigenvalue weighted by atomic mass is 16.7. The number of ketones is 1. The molecule has 0 amide bonds. The number of aromatic hydroxyl groups is 1. The molecule has 9 nitrogen and oxygen atoms in total. The monoisotopic (exact) mass is 366 g/mol. The van der Waals surface area contributed by atoms with Gasteiger partial charge in [-0.1, -0.05) is 0 Å². The molecule has 26 heavy (non-hydrogen) atoms. The van der Waals surface area contributed by atoms with E-state index in [9.17, 15) is 30.0 Å². The Morgan fingerprint density at radius 2 is 2.12 bits per heavy atom. The first-order valence-corrected chi connectivity index (χ1v) is 8.22. The van der Waals surface area contributed by atoms with E-state index < -0.39 is 41.8 Å². The molecule has 5 unspecified atom stereocenters. The third kappa shape index (κ3) is 2.08. The smallest absolute Gasteiger partial charge is 0.344 e. The van der Waals surface area contributed by atoms with Gasteiger partial charge in [-0.05, 0) is 6.42 Å². The van der Waals surface area contributed by atoms with E-state index in [-0.39, 0.29) is 36.3 Å². The van der Waals surface area contributed by atoms with Crippen molar-refractivity contribution in [3.05, 3.63) is 17.2 Å². The van der Waals surface area contributed by atoms with E-state index in [0.29, 0.717) is 11.3 Å². The second-order valence-corrected chi connectivity index (χ2v) is 6.76. The summed E-state index contributed by atoms with van der Waals surface area (Å²) in [6.45, 7) is 0. The minimum atomic E-state index is -2.64. The zero-order valence-electron chi connectivity index (χ0n) is 13.8. The van der Waals surface area contributed by atoms with Crippen molar-refractivity contribution in [1.29, 1.82) is 0 Å². The van der Waals surface area contributed by atoms with Crippen molar-refractivity contribution >= 4 is 11.8 Å². The van der Waals surface area contributed by atoms with E-state index in [1.807, 2.05) is 0 Å². The van der Waals surface area contributed by atoms with Gasteiger partial charge in [-0.15, -0.1) is 0 Å². The number of aliphatic hydroxyl groups excluding tert-OH is 1. The van der Waals surface area contributed by atoms with Crippen LogP contribution in [0.5, 0.6) is 17.2 Å². The predicted octanol–water partition coefficient (Wildman–Crippen LogP) is 0.204. The minimum absolute atomic E-state index is 0.0487. The van der Waals surface area contributed by atoms with Crippen molar-refractivity contribution in [2.24, 2.45) is 0 Å². The van der Waals surface area contributed by atoms with Crippen LogP contribution in [0.1, 0.15) is 42.2 Å². The summed E-state index contributed by atoms with van der Waals surface area (Å²) in [5.41, 5.74) is -2.23. The van der Waals surface area contributed by atoms with Crippen LogP contribution in [-0.2, 0) is 14.3 Å². The number of carboxylic acid groups (broad SMARTS) is 1. The lowest BCUT2D eigenvalue weighted by atomic mass is 9.81. The molecule has 2 fully saturated rings. The van der Waals surface area contributed by atoms with Crippen LogP contribution in [0.4, 0.5) is 0 Å². The molecule has 1 saturated heterocycles. The van der Waals surface area contributed by atoms with Crippen LogP contribution >= 0.6 is 0 Å². The molecule has 1 aromatic carbocycles. The van der Waals surface area contributed by atoms with Gasteiger partial charge in [0.05, 0.1) is 13.0 Å². The topological polar surface area (TPSA) is 143 Å². The molecule has 2 aliphatic heterocycles. The number of hydrogen-bond donors (Lipinski definition) is 4. The molecule has 0 spiro atoms. The first kappa shape index (κ1) is 17.1. The summed E-state index contributed by atoms with van der Waals surface area (Å²) in [7, 11) is 1.33. The van der Waals surface area contributed by atoms with E-state index in [4.69, 9.17) is 14.2 Å². The normalized spacial score (nSPS) is 35.1. The standard InChI is InChI=1S/C17H18O9/c1-24-8-5-9-12(6-4-11(19)26-15(6)25-9)14(20)13(8)7-2-3-10(18)17(7,23)16(21)22/h5-7,11,15,19-20,23H,2-4H2,1H3,(H,21,22). The number of carbonyl (C=O) groups excluding carboxylic acids is 1. The Labute approximate surface area is 147 Å². The second kappa shape index (κ2) is 5.57. The number of phenolic OH excluding ortho intramolecular Hbond substituents is 1. The summed E-state index contributed by atoms with van der Waals surface area (Å²) in [5, 5.41) is 40.6. The number of fused-ring (bicyclic) bond motifs is 3. The van der Waals surface area contributed by atoms with Crippen molar-refractivity contribution in [2.75, 3.05) is 7.11 Å². The van der Waals surface area contributed by atoms with Crippen molar-refractivity contribution in [3.8, 4) is 17.2 Å². The van der Waals surface area contributed by atoms with Crippen LogP contribution in [0.2, 0.25) is 0 Å². The van der Waals surface area contributed by atoms with Crippen molar-refractivity contribution in [2.45, 2.75) is 49.3 Å². The Hall–Kier alpha value is -2.36. The maximum atomic E-state index is 12.1. The highest BCUT2D eigenvalue weighted by Gasteiger charge is 2.58. The molecule has 4 N–H and O–H groups in total. The Kier molecular flexibility index (Phi) is 3.66. The number of Topliss-reactive ketones (excluding diaryl/α,β-unsaturated/α-hetero) is 1. The summed E-state index contributed by atoms with van der Waals surface area (Å²) in [4.78, 5) is 23.7. The SMILES string of the molecule is COc1cc2c(c(O)c1C1CCC(=O)C1(O)C(=O)O)C1CC(O)OC1O2. The molecule has 2 heterocycles. The Bertz CT molecular complexity index is 804.